The lowest BCUT2D eigenvalue weighted by Gasteiger charge is -2.21. The summed E-state index contributed by atoms with van der Waals surface area (Å²) in [4.78, 5) is 72.9. The molecule has 0 aliphatic carbocycles. The number of aliphatic hydroxyl groups excluding tert-OH is 1. The zero-order valence-electron chi connectivity index (χ0n) is 62.7. The van der Waals surface area contributed by atoms with Crippen LogP contribution in [0.3, 0.4) is 0 Å². The van der Waals surface area contributed by atoms with Crippen LogP contribution in [0.1, 0.15) is 374 Å². The molecular weight excluding hydrogens is 1280 g/mol. The smallest absolute Gasteiger partial charge is 0.462 e. The molecule has 0 fully saturated rings. The largest absolute Gasteiger partial charge is 0.472 e. The highest BCUT2D eigenvalue weighted by Gasteiger charge is 2.30. The molecule has 0 bridgehead atoms. The van der Waals surface area contributed by atoms with Gasteiger partial charge in [0.1, 0.15) is 19.3 Å². The highest BCUT2D eigenvalue weighted by atomic mass is 31.2. The van der Waals surface area contributed by atoms with Crippen LogP contribution in [-0.4, -0.2) is 96.7 Å². The predicted octanol–water partition coefficient (Wildman–Crippen LogP) is 22.9. The van der Waals surface area contributed by atoms with E-state index in [9.17, 15) is 43.2 Å². The molecule has 2 unspecified atom stereocenters. The van der Waals surface area contributed by atoms with Crippen molar-refractivity contribution in [3.8, 4) is 0 Å². The highest BCUT2D eigenvalue weighted by molar-refractivity contribution is 7.47. The molecule has 17 nitrogen and oxygen atoms in total. The first-order valence-corrected chi connectivity index (χ1v) is 42.9. The lowest BCUT2D eigenvalue weighted by Crippen LogP contribution is -2.30. The Morgan fingerprint density at radius 1 is 0.286 bits per heavy atom. The van der Waals surface area contributed by atoms with Gasteiger partial charge in [0.05, 0.1) is 26.4 Å². The first kappa shape index (κ1) is 95.0. The molecule has 98 heavy (non-hydrogen) atoms. The maximum atomic E-state index is 13.1. The number of rotatable bonds is 76. The molecule has 0 rings (SSSR count). The van der Waals surface area contributed by atoms with Crippen molar-refractivity contribution in [3.63, 3.8) is 0 Å². The number of hydrogen-bond acceptors (Lipinski definition) is 15. The van der Waals surface area contributed by atoms with Gasteiger partial charge < -0.3 is 33.8 Å². The van der Waals surface area contributed by atoms with Crippen LogP contribution in [0.2, 0.25) is 0 Å². The van der Waals surface area contributed by atoms with Crippen LogP contribution in [0, 0.1) is 0 Å². The molecular formula is C79H146O17P2. The van der Waals surface area contributed by atoms with Crippen LogP contribution in [0.15, 0.2) is 48.6 Å². The molecule has 19 heteroatoms. The third kappa shape index (κ3) is 71.4. The van der Waals surface area contributed by atoms with E-state index in [0.29, 0.717) is 25.7 Å². The van der Waals surface area contributed by atoms with Gasteiger partial charge in [-0.1, -0.05) is 288 Å². The molecule has 0 amide bonds. The molecule has 3 N–H and O–H groups in total. The number of unbranched alkanes of at least 4 members (excludes halogenated alkanes) is 42. The zero-order valence-corrected chi connectivity index (χ0v) is 64.5. The third-order valence-electron chi connectivity index (χ3n) is 17.3. The van der Waals surface area contributed by atoms with Gasteiger partial charge in [0.25, 0.3) is 0 Å². The SMILES string of the molecule is CCCCC/C=C\C/C=C\CCCCCCCC(=O)OC[C@H](COP(=O)(O)OC[C@@H](O)COP(=O)(O)OC[C@@H](COC(=O)CCCCCCCCCCCCCCC)OC(=O)CCCCCCCCC/C=C\CCCCCC)OC(=O)CCCCCCC/C=C\CCCCCCCC. The average molecular weight is 1430 g/mol. The van der Waals surface area contributed by atoms with Crippen molar-refractivity contribution < 1.29 is 80.2 Å². The summed E-state index contributed by atoms with van der Waals surface area (Å²) in [7, 11) is -9.94. The minimum atomic E-state index is -4.97. The molecule has 0 aliphatic rings. The van der Waals surface area contributed by atoms with Gasteiger partial charge in [-0.3, -0.25) is 37.3 Å². The second-order valence-electron chi connectivity index (χ2n) is 27.0. The summed E-state index contributed by atoms with van der Waals surface area (Å²) in [5.41, 5.74) is 0. The van der Waals surface area contributed by atoms with Crippen molar-refractivity contribution >= 4 is 39.5 Å². The first-order chi connectivity index (χ1) is 47.7. The number of phosphoric acid groups is 2. The molecule has 0 aliphatic heterocycles. The van der Waals surface area contributed by atoms with Gasteiger partial charge in [-0.25, -0.2) is 9.13 Å². The first-order valence-electron chi connectivity index (χ1n) is 39.9. The molecule has 0 saturated heterocycles. The summed E-state index contributed by atoms with van der Waals surface area (Å²) in [6, 6.07) is 0. The number of allylic oxidation sites excluding steroid dienone is 8. The Kier molecular flexibility index (Phi) is 70.2. The second kappa shape index (κ2) is 72.4. The maximum Gasteiger partial charge on any atom is 0.472 e. The zero-order chi connectivity index (χ0) is 71.8. The number of aliphatic hydroxyl groups is 1. The Balaban J connectivity index is 5.33. The van der Waals surface area contributed by atoms with Crippen LogP contribution in [0.4, 0.5) is 0 Å². The Morgan fingerprint density at radius 2 is 0.500 bits per heavy atom. The van der Waals surface area contributed by atoms with Crippen molar-refractivity contribution in [2.45, 2.75) is 393 Å². The molecule has 0 spiro atoms. The number of esters is 4. The van der Waals surface area contributed by atoms with Gasteiger partial charge in [-0.2, -0.15) is 0 Å². The van der Waals surface area contributed by atoms with Gasteiger partial charge in [0, 0.05) is 25.7 Å². The quantitative estimate of drug-likeness (QED) is 0.0169. The van der Waals surface area contributed by atoms with E-state index in [1.165, 1.54) is 141 Å². The van der Waals surface area contributed by atoms with E-state index < -0.39 is 97.5 Å². The van der Waals surface area contributed by atoms with Crippen LogP contribution in [-0.2, 0) is 65.4 Å². The summed E-state index contributed by atoms with van der Waals surface area (Å²) >= 11 is 0. The van der Waals surface area contributed by atoms with Gasteiger partial charge in [-0.05, 0) is 109 Å². The monoisotopic (exact) mass is 1430 g/mol. The van der Waals surface area contributed by atoms with Crippen LogP contribution >= 0.6 is 15.6 Å². The molecule has 574 valence electrons. The van der Waals surface area contributed by atoms with Crippen LogP contribution < -0.4 is 0 Å². The summed E-state index contributed by atoms with van der Waals surface area (Å²) in [5, 5.41) is 10.6. The normalized spacial score (nSPS) is 14.2. The molecule has 0 aromatic carbocycles. The molecule has 0 heterocycles. The van der Waals surface area contributed by atoms with E-state index >= 15 is 0 Å². The van der Waals surface area contributed by atoms with Gasteiger partial charge in [0.2, 0.25) is 0 Å². The summed E-state index contributed by atoms with van der Waals surface area (Å²) < 4.78 is 68.6. The molecule has 0 radical (unpaired) electrons. The van der Waals surface area contributed by atoms with Crippen molar-refractivity contribution in [1.82, 2.24) is 0 Å². The van der Waals surface area contributed by atoms with Gasteiger partial charge in [-0.15, -0.1) is 0 Å². The van der Waals surface area contributed by atoms with Gasteiger partial charge in [0.15, 0.2) is 12.2 Å². The van der Waals surface area contributed by atoms with Crippen LogP contribution in [0.5, 0.6) is 0 Å². The minimum absolute atomic E-state index is 0.0869. The molecule has 0 saturated carbocycles. The van der Waals surface area contributed by atoms with Crippen molar-refractivity contribution in [2.75, 3.05) is 39.6 Å². The summed E-state index contributed by atoms with van der Waals surface area (Å²) in [5.74, 6) is -2.17. The number of carbonyl (C=O) groups is 4. The molecule has 0 aromatic rings. The van der Waals surface area contributed by atoms with E-state index in [1.54, 1.807) is 0 Å². The molecule has 5 atom stereocenters. The average Bonchev–Trinajstić information content (AvgIpc) is 1.04. The number of phosphoric ester groups is 2. The maximum absolute atomic E-state index is 13.1. The van der Waals surface area contributed by atoms with Crippen molar-refractivity contribution in [2.24, 2.45) is 0 Å². The van der Waals surface area contributed by atoms with E-state index in [-0.39, 0.29) is 25.7 Å². The Morgan fingerprint density at radius 3 is 0.796 bits per heavy atom. The number of hydrogen-bond donors (Lipinski definition) is 3. The summed E-state index contributed by atoms with van der Waals surface area (Å²) in [6.07, 6.45) is 69.4. The lowest BCUT2D eigenvalue weighted by molar-refractivity contribution is -0.161. The third-order valence-corrected chi connectivity index (χ3v) is 19.2. The van der Waals surface area contributed by atoms with Crippen molar-refractivity contribution in [1.29, 1.82) is 0 Å². The fourth-order valence-electron chi connectivity index (χ4n) is 11.1. The number of ether oxygens (including phenoxy) is 4. The number of carbonyl (C=O) groups excluding carboxylic acids is 4. The van der Waals surface area contributed by atoms with Crippen LogP contribution in [0.25, 0.3) is 0 Å². The fourth-order valence-corrected chi connectivity index (χ4v) is 12.7. The van der Waals surface area contributed by atoms with E-state index in [1.807, 2.05) is 0 Å². The van der Waals surface area contributed by atoms with E-state index in [2.05, 4.69) is 76.3 Å². The van der Waals surface area contributed by atoms with Gasteiger partial charge >= 0.3 is 39.5 Å². The van der Waals surface area contributed by atoms with E-state index in [0.717, 1.165) is 154 Å². The second-order valence-corrected chi connectivity index (χ2v) is 29.9. The summed E-state index contributed by atoms with van der Waals surface area (Å²) in [6.45, 7) is 4.88. The topological polar surface area (TPSA) is 237 Å². The standard InChI is InChI=1S/C79H146O17P2/c1-5-9-13-17-21-25-29-33-36-40-44-48-52-56-60-64-77(82)90-70-75(96-79(84)66-62-58-54-50-46-42-38-35-31-27-23-19-15-11-7-3)72-94-98(87,88)92-68-73(80)67-91-97(85,86)93-71-74(69-89-76(81)63-59-55-51-47-43-39-32-28-24-20-16-12-8-4)95-78(83)65-61-57-53-49-45-41-37-34-30-26-22-18-14-10-6-2/h21,25-26,30,33,35-36,38,73-75,80H,5-20,22-24,27-29,31-32,34,37,39-72H2,1-4H3,(H,85,86)(H,87,88)/b25-21-,30-26-,36-33-,38-35-/t73-,74+,75+/m0/s1. The fraction of sp³-hybridized carbons (Fsp3) is 0.848. The Bertz CT molecular complexity index is 2050. The highest BCUT2D eigenvalue weighted by Crippen LogP contribution is 2.45. The predicted molar refractivity (Wildman–Crippen MR) is 400 cm³/mol. The molecule has 0 aromatic heterocycles. The van der Waals surface area contributed by atoms with E-state index in [4.69, 9.17) is 37.0 Å². The minimum Gasteiger partial charge on any atom is -0.462 e. The van der Waals surface area contributed by atoms with Crippen molar-refractivity contribution in [3.05, 3.63) is 48.6 Å². The Hall–Kier alpha value is -2.98. The Labute approximate surface area is 597 Å². The lowest BCUT2D eigenvalue weighted by atomic mass is 10.0.